The Hall–Kier alpha value is -1.84. The van der Waals surface area contributed by atoms with E-state index in [1.54, 1.807) is 0 Å². The molecule has 0 fully saturated rings. The zero-order valence-electron chi connectivity index (χ0n) is 11.8. The van der Waals surface area contributed by atoms with Crippen LogP contribution < -0.4 is 10.5 Å². The first-order valence-corrected chi connectivity index (χ1v) is 6.96. The van der Waals surface area contributed by atoms with Crippen LogP contribution in [0.15, 0.2) is 48.5 Å². The fraction of sp³-hybridized carbons (Fsp3) is 0.294. The second-order valence-electron chi connectivity index (χ2n) is 4.80. The summed E-state index contributed by atoms with van der Waals surface area (Å²) < 4.78 is 5.78. The highest BCUT2D eigenvalue weighted by Gasteiger charge is 2.03. The lowest BCUT2D eigenvalue weighted by Crippen LogP contribution is -2.07. The van der Waals surface area contributed by atoms with Crippen LogP contribution in [0.2, 0.25) is 0 Å². The molecule has 0 aromatic heterocycles. The van der Waals surface area contributed by atoms with Crippen molar-refractivity contribution < 1.29 is 9.84 Å². The van der Waals surface area contributed by atoms with Gasteiger partial charge in [-0.2, -0.15) is 0 Å². The summed E-state index contributed by atoms with van der Waals surface area (Å²) in [5, 5.41) is 8.87. The highest BCUT2D eigenvalue weighted by Crippen LogP contribution is 2.24. The Morgan fingerprint density at radius 1 is 1.00 bits per heavy atom. The predicted octanol–water partition coefficient (Wildman–Crippen LogP) is 3.42. The van der Waals surface area contributed by atoms with Gasteiger partial charge in [0.25, 0.3) is 0 Å². The lowest BCUT2D eigenvalue weighted by molar-refractivity contribution is 0.299. The molecule has 0 amide bonds. The third kappa shape index (κ3) is 3.83. The van der Waals surface area contributed by atoms with Crippen LogP contribution in [0.1, 0.15) is 30.5 Å². The molecule has 106 valence electrons. The van der Waals surface area contributed by atoms with Crippen LogP contribution in [0.4, 0.5) is 0 Å². The van der Waals surface area contributed by atoms with Crippen molar-refractivity contribution >= 4 is 0 Å². The van der Waals surface area contributed by atoms with Gasteiger partial charge in [0.05, 0.1) is 0 Å². The van der Waals surface area contributed by atoms with Crippen LogP contribution in [-0.2, 0) is 6.42 Å². The van der Waals surface area contributed by atoms with Gasteiger partial charge in [-0.15, -0.1) is 0 Å². The minimum absolute atomic E-state index is 0.0850. The molecule has 2 rings (SSSR count). The first-order valence-electron chi connectivity index (χ1n) is 6.96. The molecular weight excluding hydrogens is 250 g/mol. The predicted molar refractivity (Wildman–Crippen MR) is 81.0 cm³/mol. The molecule has 0 saturated heterocycles. The topological polar surface area (TPSA) is 55.5 Å². The smallest absolute Gasteiger partial charge is 0.127 e. The van der Waals surface area contributed by atoms with Gasteiger partial charge in [0, 0.05) is 12.6 Å². The monoisotopic (exact) mass is 271 g/mol. The highest BCUT2D eigenvalue weighted by atomic mass is 16.5. The Morgan fingerprint density at radius 3 is 2.05 bits per heavy atom. The second kappa shape index (κ2) is 7.08. The molecule has 0 bridgehead atoms. The first-order chi connectivity index (χ1) is 9.72. The summed E-state index contributed by atoms with van der Waals surface area (Å²) in [5.41, 5.74) is 8.21. The lowest BCUT2D eigenvalue weighted by atomic mass is 10.1. The van der Waals surface area contributed by atoms with Gasteiger partial charge >= 0.3 is 0 Å². The number of hydrogen-bond acceptors (Lipinski definition) is 3. The summed E-state index contributed by atoms with van der Waals surface area (Å²) in [7, 11) is 0. The Balaban J connectivity index is 2.02. The van der Waals surface area contributed by atoms with E-state index in [4.69, 9.17) is 15.6 Å². The summed E-state index contributed by atoms with van der Waals surface area (Å²) in [6.07, 6.45) is 1.59. The standard InChI is InChI=1S/C17H21NO2/c1-2-17(18)14-5-9-16(10-6-14)20-15-7-3-13(4-8-15)11-12-19/h3-10,17,19H,2,11-12,18H2,1H3/t17-/m1/s1. The van der Waals surface area contributed by atoms with E-state index in [-0.39, 0.29) is 12.6 Å². The van der Waals surface area contributed by atoms with Crippen LogP contribution in [0.3, 0.4) is 0 Å². The molecule has 0 heterocycles. The maximum atomic E-state index is 8.87. The third-order valence-corrected chi connectivity index (χ3v) is 3.31. The summed E-state index contributed by atoms with van der Waals surface area (Å²) in [4.78, 5) is 0. The Kier molecular flexibility index (Phi) is 5.16. The van der Waals surface area contributed by atoms with E-state index >= 15 is 0 Å². The Labute approximate surface area is 120 Å². The van der Waals surface area contributed by atoms with Gasteiger partial charge in [-0.3, -0.25) is 0 Å². The summed E-state index contributed by atoms with van der Waals surface area (Å²) in [6, 6.07) is 15.7. The number of aliphatic hydroxyl groups is 1. The summed E-state index contributed by atoms with van der Waals surface area (Å²) in [5.74, 6) is 1.59. The molecule has 0 aliphatic rings. The van der Waals surface area contributed by atoms with E-state index in [1.807, 2.05) is 48.5 Å². The normalized spacial score (nSPS) is 12.2. The molecule has 0 saturated carbocycles. The SMILES string of the molecule is CC[C@@H](N)c1ccc(Oc2ccc(CCO)cc2)cc1. The maximum absolute atomic E-state index is 8.87. The number of aliphatic hydroxyl groups excluding tert-OH is 1. The van der Waals surface area contributed by atoms with E-state index in [9.17, 15) is 0 Å². The fourth-order valence-electron chi connectivity index (χ4n) is 2.01. The highest BCUT2D eigenvalue weighted by molar-refractivity contribution is 5.35. The van der Waals surface area contributed by atoms with Crippen molar-refractivity contribution in [3.63, 3.8) is 0 Å². The maximum Gasteiger partial charge on any atom is 0.127 e. The summed E-state index contributed by atoms with van der Waals surface area (Å²) >= 11 is 0. The van der Waals surface area contributed by atoms with Gasteiger partial charge < -0.3 is 15.6 Å². The van der Waals surface area contributed by atoms with E-state index in [1.165, 1.54) is 0 Å². The molecule has 3 N–H and O–H groups in total. The van der Waals surface area contributed by atoms with Crippen molar-refractivity contribution in [2.24, 2.45) is 5.73 Å². The molecule has 2 aromatic rings. The quantitative estimate of drug-likeness (QED) is 0.846. The number of rotatable bonds is 6. The van der Waals surface area contributed by atoms with Crippen molar-refractivity contribution in [1.29, 1.82) is 0 Å². The third-order valence-electron chi connectivity index (χ3n) is 3.31. The van der Waals surface area contributed by atoms with Crippen LogP contribution in [0, 0.1) is 0 Å². The zero-order chi connectivity index (χ0) is 14.4. The van der Waals surface area contributed by atoms with Gasteiger partial charge in [0.15, 0.2) is 0 Å². The van der Waals surface area contributed by atoms with E-state index in [0.717, 1.165) is 29.0 Å². The summed E-state index contributed by atoms with van der Waals surface area (Å²) in [6.45, 7) is 2.24. The molecule has 1 atom stereocenters. The number of nitrogens with two attached hydrogens (primary N) is 1. The van der Waals surface area contributed by atoms with Gasteiger partial charge in [-0.05, 0) is 48.2 Å². The van der Waals surface area contributed by atoms with Crippen molar-refractivity contribution in [2.75, 3.05) is 6.61 Å². The molecule has 0 unspecified atom stereocenters. The van der Waals surface area contributed by atoms with E-state index in [2.05, 4.69) is 6.92 Å². The molecule has 0 aliphatic carbocycles. The van der Waals surface area contributed by atoms with Crippen molar-refractivity contribution in [1.82, 2.24) is 0 Å². The van der Waals surface area contributed by atoms with Gasteiger partial charge in [0.2, 0.25) is 0 Å². The lowest BCUT2D eigenvalue weighted by Gasteiger charge is -2.11. The van der Waals surface area contributed by atoms with Gasteiger partial charge in [-0.1, -0.05) is 31.2 Å². The van der Waals surface area contributed by atoms with E-state index in [0.29, 0.717) is 6.42 Å². The fourth-order valence-corrected chi connectivity index (χ4v) is 2.01. The van der Waals surface area contributed by atoms with Crippen LogP contribution in [0.25, 0.3) is 0 Å². The van der Waals surface area contributed by atoms with Crippen molar-refractivity contribution in [2.45, 2.75) is 25.8 Å². The number of benzene rings is 2. The zero-order valence-corrected chi connectivity index (χ0v) is 11.8. The van der Waals surface area contributed by atoms with Crippen LogP contribution in [-0.4, -0.2) is 11.7 Å². The van der Waals surface area contributed by atoms with Crippen molar-refractivity contribution in [3.8, 4) is 11.5 Å². The second-order valence-corrected chi connectivity index (χ2v) is 4.80. The largest absolute Gasteiger partial charge is 0.457 e. The van der Waals surface area contributed by atoms with Crippen molar-refractivity contribution in [3.05, 3.63) is 59.7 Å². The molecular formula is C17H21NO2. The minimum Gasteiger partial charge on any atom is -0.457 e. The molecule has 0 spiro atoms. The number of hydrogen-bond donors (Lipinski definition) is 2. The number of ether oxygens (including phenoxy) is 1. The average Bonchev–Trinajstić information content (AvgIpc) is 2.49. The molecule has 0 aliphatic heterocycles. The van der Waals surface area contributed by atoms with Crippen LogP contribution >= 0.6 is 0 Å². The Bertz CT molecular complexity index is 520. The molecule has 0 radical (unpaired) electrons. The van der Waals surface area contributed by atoms with E-state index < -0.39 is 0 Å². The van der Waals surface area contributed by atoms with Gasteiger partial charge in [-0.25, -0.2) is 0 Å². The molecule has 2 aromatic carbocycles. The molecule has 20 heavy (non-hydrogen) atoms. The average molecular weight is 271 g/mol. The first kappa shape index (κ1) is 14.6. The van der Waals surface area contributed by atoms with Gasteiger partial charge in [0.1, 0.15) is 11.5 Å². The van der Waals surface area contributed by atoms with Crippen LogP contribution in [0.5, 0.6) is 11.5 Å². The molecule has 3 nitrogen and oxygen atoms in total. The minimum atomic E-state index is 0.0850. The Morgan fingerprint density at radius 2 is 1.55 bits per heavy atom. The molecule has 3 heteroatoms.